The van der Waals surface area contributed by atoms with Crippen LogP contribution in [-0.4, -0.2) is 21.8 Å². The number of carbonyl (C=O) groups excluding carboxylic acids is 1. The molecule has 1 atom stereocenters. The number of nitrogens with one attached hydrogen (secondary N) is 1. The maximum Gasteiger partial charge on any atom is 0.248 e. The fraction of sp³-hybridized carbons (Fsp3) is 0.667. The molecule has 0 bridgehead atoms. The van der Waals surface area contributed by atoms with Gasteiger partial charge in [0.05, 0.1) is 17.6 Å². The van der Waals surface area contributed by atoms with Crippen molar-refractivity contribution in [2.24, 2.45) is 5.92 Å². The second kappa shape index (κ2) is 5.31. The molecule has 2 fully saturated rings. The van der Waals surface area contributed by atoms with Crippen molar-refractivity contribution in [1.29, 1.82) is 0 Å². The van der Waals surface area contributed by atoms with Crippen molar-refractivity contribution in [1.82, 2.24) is 9.97 Å². The zero-order valence-corrected chi connectivity index (χ0v) is 12.0. The Morgan fingerprint density at radius 1 is 1.38 bits per heavy atom. The minimum Gasteiger partial charge on any atom is -0.323 e. The Bertz CT molecular complexity index is 558. The Balaban J connectivity index is 1.73. The highest BCUT2D eigenvalue weighted by Gasteiger charge is 2.39. The number of anilines is 1. The number of aromatic nitrogens is 2. The van der Waals surface area contributed by atoms with Crippen LogP contribution in [0.25, 0.3) is 0 Å². The average molecular weight is 295 g/mol. The summed E-state index contributed by atoms with van der Waals surface area (Å²) in [6.45, 7) is 1.80. The van der Waals surface area contributed by atoms with Gasteiger partial charge in [0.25, 0.3) is 0 Å². The van der Waals surface area contributed by atoms with Crippen molar-refractivity contribution in [3.63, 3.8) is 0 Å². The topological polar surface area (TPSA) is 54.9 Å². The number of hydrogen-bond acceptors (Lipinski definition) is 3. The molecule has 1 aromatic rings. The van der Waals surface area contributed by atoms with Crippen LogP contribution < -0.4 is 5.32 Å². The monoisotopic (exact) mass is 295 g/mol. The molecule has 114 valence electrons. The average Bonchev–Trinajstić information content (AvgIpc) is 3.24. The van der Waals surface area contributed by atoms with Gasteiger partial charge in [0.15, 0.2) is 0 Å². The molecule has 1 heterocycles. The fourth-order valence-electron chi connectivity index (χ4n) is 2.88. The minimum atomic E-state index is -2.72. The Kier molecular flexibility index (Phi) is 3.63. The van der Waals surface area contributed by atoms with E-state index >= 15 is 0 Å². The lowest BCUT2D eigenvalue weighted by Crippen LogP contribution is -2.33. The second-order valence-corrected chi connectivity index (χ2v) is 6.13. The van der Waals surface area contributed by atoms with E-state index < -0.39 is 11.8 Å². The predicted molar refractivity (Wildman–Crippen MR) is 74.3 cm³/mol. The molecule has 0 aromatic carbocycles. The third-order valence-electron chi connectivity index (χ3n) is 4.17. The number of alkyl halides is 2. The van der Waals surface area contributed by atoms with Gasteiger partial charge in [-0.3, -0.25) is 4.79 Å². The van der Waals surface area contributed by atoms with Gasteiger partial charge < -0.3 is 5.32 Å². The Morgan fingerprint density at radius 2 is 2.14 bits per heavy atom. The lowest BCUT2D eigenvalue weighted by atomic mass is 9.86. The highest BCUT2D eigenvalue weighted by atomic mass is 19.3. The van der Waals surface area contributed by atoms with Crippen LogP contribution in [0, 0.1) is 12.8 Å². The van der Waals surface area contributed by atoms with Gasteiger partial charge in [-0.1, -0.05) is 0 Å². The maximum atomic E-state index is 13.4. The Labute approximate surface area is 122 Å². The van der Waals surface area contributed by atoms with Crippen molar-refractivity contribution in [2.45, 2.75) is 57.3 Å². The van der Waals surface area contributed by atoms with Crippen LogP contribution in [-0.2, 0) is 4.79 Å². The quantitative estimate of drug-likeness (QED) is 0.929. The van der Waals surface area contributed by atoms with Gasteiger partial charge >= 0.3 is 0 Å². The first-order chi connectivity index (χ1) is 9.94. The lowest BCUT2D eigenvalue weighted by Gasteiger charge is -2.28. The van der Waals surface area contributed by atoms with Crippen LogP contribution in [0.3, 0.4) is 0 Å². The van der Waals surface area contributed by atoms with Gasteiger partial charge in [-0.25, -0.2) is 18.7 Å². The third kappa shape index (κ3) is 3.36. The summed E-state index contributed by atoms with van der Waals surface area (Å²) < 4.78 is 26.8. The lowest BCUT2D eigenvalue weighted by molar-refractivity contribution is -0.127. The molecule has 2 aliphatic rings. The molecule has 0 aliphatic heterocycles. The van der Waals surface area contributed by atoms with Crippen LogP contribution in [0.15, 0.2) is 6.20 Å². The Morgan fingerprint density at radius 3 is 2.81 bits per heavy atom. The van der Waals surface area contributed by atoms with Crippen LogP contribution in [0.5, 0.6) is 0 Å². The van der Waals surface area contributed by atoms with E-state index in [9.17, 15) is 13.6 Å². The maximum absolute atomic E-state index is 13.4. The number of nitrogens with zero attached hydrogens (tertiary/aromatic N) is 2. The van der Waals surface area contributed by atoms with E-state index in [1.165, 1.54) is 0 Å². The van der Waals surface area contributed by atoms with Crippen LogP contribution >= 0.6 is 0 Å². The molecule has 0 saturated heterocycles. The summed E-state index contributed by atoms with van der Waals surface area (Å²) in [5.41, 5.74) is 1.43. The molecule has 3 rings (SSSR count). The van der Waals surface area contributed by atoms with E-state index in [4.69, 9.17) is 0 Å². The summed E-state index contributed by atoms with van der Waals surface area (Å²) in [5.74, 6) is -2.64. The van der Waals surface area contributed by atoms with Gasteiger partial charge in [0.1, 0.15) is 5.82 Å². The normalized spacial score (nSPS) is 24.6. The van der Waals surface area contributed by atoms with Crippen molar-refractivity contribution in [3.8, 4) is 0 Å². The van der Waals surface area contributed by atoms with Crippen LogP contribution in [0.1, 0.15) is 56.0 Å². The molecule has 1 unspecified atom stereocenters. The first-order valence-electron chi connectivity index (χ1n) is 7.47. The smallest absolute Gasteiger partial charge is 0.248 e. The third-order valence-corrected chi connectivity index (χ3v) is 4.17. The summed E-state index contributed by atoms with van der Waals surface area (Å²) in [6.07, 6.45) is 4.15. The Hall–Kier alpha value is -1.59. The van der Waals surface area contributed by atoms with Gasteiger partial charge in [0.2, 0.25) is 11.8 Å². The standard InChI is InChI=1S/C15H19F2N3O/c1-9-18-8-12(13(19-9)10-4-5-10)20-14(21)11-3-2-6-15(16,17)7-11/h8,10-11H,2-7H2,1H3,(H,20,21). The molecule has 0 radical (unpaired) electrons. The summed E-state index contributed by atoms with van der Waals surface area (Å²) in [5, 5.41) is 2.77. The van der Waals surface area contributed by atoms with E-state index in [0.717, 1.165) is 18.5 Å². The fourth-order valence-corrected chi connectivity index (χ4v) is 2.88. The van der Waals surface area contributed by atoms with Gasteiger partial charge in [0, 0.05) is 24.7 Å². The number of rotatable bonds is 3. The number of halogens is 2. The highest BCUT2D eigenvalue weighted by Crippen LogP contribution is 2.42. The van der Waals surface area contributed by atoms with E-state index in [-0.39, 0.29) is 18.7 Å². The first kappa shape index (κ1) is 14.4. The first-order valence-corrected chi connectivity index (χ1v) is 7.47. The van der Waals surface area contributed by atoms with Gasteiger partial charge in [-0.15, -0.1) is 0 Å². The van der Waals surface area contributed by atoms with E-state index in [0.29, 0.717) is 30.3 Å². The summed E-state index contributed by atoms with van der Waals surface area (Å²) in [7, 11) is 0. The van der Waals surface area contributed by atoms with Crippen LogP contribution in [0.4, 0.5) is 14.5 Å². The van der Waals surface area contributed by atoms with Crippen LogP contribution in [0.2, 0.25) is 0 Å². The van der Waals surface area contributed by atoms with Gasteiger partial charge in [-0.05, 0) is 32.6 Å². The molecule has 6 heteroatoms. The molecule has 1 N–H and O–H groups in total. The van der Waals surface area contributed by atoms with Crippen molar-refractivity contribution < 1.29 is 13.6 Å². The minimum absolute atomic E-state index is 0.113. The zero-order chi connectivity index (χ0) is 15.0. The van der Waals surface area contributed by atoms with Crippen molar-refractivity contribution in [3.05, 3.63) is 17.7 Å². The van der Waals surface area contributed by atoms with E-state index in [1.54, 1.807) is 13.1 Å². The van der Waals surface area contributed by atoms with Gasteiger partial charge in [-0.2, -0.15) is 0 Å². The second-order valence-electron chi connectivity index (χ2n) is 6.13. The zero-order valence-electron chi connectivity index (χ0n) is 12.0. The molecular weight excluding hydrogens is 276 g/mol. The largest absolute Gasteiger partial charge is 0.323 e. The molecular formula is C15H19F2N3O. The predicted octanol–water partition coefficient (Wildman–Crippen LogP) is 3.43. The molecule has 4 nitrogen and oxygen atoms in total. The molecule has 2 saturated carbocycles. The van der Waals surface area contributed by atoms with E-state index in [1.807, 2.05) is 0 Å². The summed E-state index contributed by atoms with van der Waals surface area (Å²) in [6, 6.07) is 0. The molecule has 2 aliphatic carbocycles. The molecule has 1 aromatic heterocycles. The summed E-state index contributed by atoms with van der Waals surface area (Å²) >= 11 is 0. The van der Waals surface area contributed by atoms with Crippen molar-refractivity contribution >= 4 is 11.6 Å². The highest BCUT2D eigenvalue weighted by molar-refractivity contribution is 5.93. The molecule has 1 amide bonds. The molecule has 21 heavy (non-hydrogen) atoms. The number of hydrogen-bond donors (Lipinski definition) is 1. The van der Waals surface area contributed by atoms with Crippen molar-refractivity contribution in [2.75, 3.05) is 5.32 Å². The van der Waals surface area contributed by atoms with E-state index in [2.05, 4.69) is 15.3 Å². The molecule has 0 spiro atoms. The number of carbonyl (C=O) groups is 1. The summed E-state index contributed by atoms with van der Waals surface area (Å²) in [4.78, 5) is 20.7. The SMILES string of the molecule is Cc1ncc(NC(=O)C2CCCC(F)(F)C2)c(C2CC2)n1. The number of aryl methyl sites for hydroxylation is 1. The number of amides is 1.